The number of rotatable bonds is 5. The lowest BCUT2D eigenvalue weighted by Crippen LogP contribution is -2.04. The number of aromatic nitrogens is 1. The molecule has 0 radical (unpaired) electrons. The molecule has 0 atom stereocenters. The minimum Gasteiger partial charge on any atom is -0.253 e. The lowest BCUT2D eigenvalue weighted by Gasteiger charge is -2.09. The van der Waals surface area contributed by atoms with E-state index in [0.29, 0.717) is 16.3 Å². The van der Waals surface area contributed by atoms with Gasteiger partial charge in [0.1, 0.15) is 0 Å². The largest absolute Gasteiger partial charge is 0.416 e. The zero-order valence-electron chi connectivity index (χ0n) is 15.6. The number of hydrazone groups is 1. The van der Waals surface area contributed by atoms with E-state index in [0.717, 1.165) is 29.0 Å². The van der Waals surface area contributed by atoms with E-state index < -0.39 is 11.7 Å². The third-order valence-electron chi connectivity index (χ3n) is 4.38. The zero-order chi connectivity index (χ0) is 21.0. The van der Waals surface area contributed by atoms with Gasteiger partial charge in [-0.2, -0.15) is 18.3 Å². The fourth-order valence-electron chi connectivity index (χ4n) is 2.87. The van der Waals surface area contributed by atoms with Crippen molar-refractivity contribution in [1.82, 2.24) is 4.98 Å². The smallest absolute Gasteiger partial charge is 0.253 e. The lowest BCUT2D eigenvalue weighted by atomic mass is 10.0. The number of hydrogen-bond donors (Lipinski definition) is 1. The summed E-state index contributed by atoms with van der Waals surface area (Å²) >= 11 is 1.45. The fraction of sp³-hybridized carbons (Fsp3) is 0.0435. The van der Waals surface area contributed by atoms with E-state index in [-0.39, 0.29) is 0 Å². The number of thiazole rings is 1. The molecule has 0 aliphatic heterocycles. The van der Waals surface area contributed by atoms with Crippen molar-refractivity contribution in [3.63, 3.8) is 0 Å². The summed E-state index contributed by atoms with van der Waals surface area (Å²) in [7, 11) is 0. The Bertz CT molecular complexity index is 1150. The summed E-state index contributed by atoms with van der Waals surface area (Å²) in [5.74, 6) is 0. The third-order valence-corrected chi connectivity index (χ3v) is 5.13. The summed E-state index contributed by atoms with van der Waals surface area (Å²) < 4.78 is 38.7. The summed E-state index contributed by atoms with van der Waals surface area (Å²) in [6.07, 6.45) is -2.72. The quantitative estimate of drug-likeness (QED) is 0.279. The molecule has 3 aromatic carbocycles. The number of nitrogens with zero attached hydrogens (tertiary/aromatic N) is 2. The van der Waals surface area contributed by atoms with Gasteiger partial charge < -0.3 is 0 Å². The van der Waals surface area contributed by atoms with Crippen LogP contribution in [0.15, 0.2) is 89.3 Å². The van der Waals surface area contributed by atoms with Gasteiger partial charge in [-0.3, -0.25) is 5.43 Å². The van der Waals surface area contributed by atoms with Crippen molar-refractivity contribution >= 4 is 22.7 Å². The maximum Gasteiger partial charge on any atom is 0.416 e. The van der Waals surface area contributed by atoms with Crippen LogP contribution in [-0.4, -0.2) is 11.2 Å². The van der Waals surface area contributed by atoms with E-state index in [4.69, 9.17) is 0 Å². The van der Waals surface area contributed by atoms with E-state index in [1.165, 1.54) is 17.4 Å². The molecular weight excluding hydrogens is 407 g/mol. The SMILES string of the molecule is FC(F)(F)c1cccc(-c2ccc(C=NNc3nc(-c4ccccc4)cs3)cc2)c1. The van der Waals surface area contributed by atoms with Crippen molar-refractivity contribution in [2.75, 3.05) is 5.43 Å². The summed E-state index contributed by atoms with van der Waals surface area (Å²) in [6, 6.07) is 22.3. The van der Waals surface area contributed by atoms with Gasteiger partial charge in [-0.15, -0.1) is 11.3 Å². The average Bonchev–Trinajstić information content (AvgIpc) is 3.23. The van der Waals surface area contributed by atoms with Gasteiger partial charge in [-0.1, -0.05) is 66.7 Å². The normalized spacial score (nSPS) is 11.7. The van der Waals surface area contributed by atoms with Crippen LogP contribution in [0.2, 0.25) is 0 Å². The third kappa shape index (κ3) is 4.75. The van der Waals surface area contributed by atoms with Crippen LogP contribution in [0, 0.1) is 0 Å². The zero-order valence-corrected chi connectivity index (χ0v) is 16.4. The number of nitrogens with one attached hydrogen (secondary N) is 1. The second kappa shape index (κ2) is 8.51. The Morgan fingerprint density at radius 3 is 2.30 bits per heavy atom. The molecule has 0 saturated heterocycles. The van der Waals surface area contributed by atoms with Gasteiger partial charge in [0.2, 0.25) is 5.13 Å². The van der Waals surface area contributed by atoms with E-state index in [1.807, 2.05) is 35.7 Å². The topological polar surface area (TPSA) is 37.3 Å². The molecule has 0 saturated carbocycles. The van der Waals surface area contributed by atoms with Gasteiger partial charge in [0.15, 0.2) is 0 Å². The second-order valence-electron chi connectivity index (χ2n) is 6.47. The molecule has 0 bridgehead atoms. The number of hydrogen-bond acceptors (Lipinski definition) is 4. The molecule has 0 aliphatic carbocycles. The summed E-state index contributed by atoms with van der Waals surface area (Å²) in [5.41, 5.74) is 6.20. The van der Waals surface area contributed by atoms with Crippen LogP contribution in [0.3, 0.4) is 0 Å². The van der Waals surface area contributed by atoms with Crippen LogP contribution in [0.1, 0.15) is 11.1 Å². The number of anilines is 1. The average molecular weight is 423 g/mol. The summed E-state index contributed by atoms with van der Waals surface area (Å²) in [4.78, 5) is 4.50. The predicted octanol–water partition coefficient (Wildman–Crippen LogP) is 6.94. The van der Waals surface area contributed by atoms with Gasteiger partial charge in [0.05, 0.1) is 17.5 Å². The highest BCUT2D eigenvalue weighted by atomic mass is 32.1. The standard InChI is InChI=1S/C23H16F3N3S/c24-23(25,26)20-8-4-7-19(13-20)17-11-9-16(10-12-17)14-27-29-22-28-21(15-30-22)18-5-2-1-3-6-18/h1-15H,(H,28,29). The van der Waals surface area contributed by atoms with Gasteiger partial charge in [-0.05, 0) is 28.8 Å². The van der Waals surface area contributed by atoms with E-state index >= 15 is 0 Å². The van der Waals surface area contributed by atoms with E-state index in [2.05, 4.69) is 15.5 Å². The first-order valence-electron chi connectivity index (χ1n) is 9.07. The van der Waals surface area contributed by atoms with Crippen LogP contribution in [0.4, 0.5) is 18.3 Å². The molecule has 30 heavy (non-hydrogen) atoms. The molecule has 1 aromatic heterocycles. The van der Waals surface area contributed by atoms with Crippen molar-refractivity contribution < 1.29 is 13.2 Å². The Morgan fingerprint density at radius 1 is 0.833 bits per heavy atom. The van der Waals surface area contributed by atoms with Gasteiger partial charge in [0.25, 0.3) is 0 Å². The van der Waals surface area contributed by atoms with Crippen molar-refractivity contribution in [2.24, 2.45) is 5.10 Å². The Balaban J connectivity index is 1.42. The Kier molecular flexibility index (Phi) is 5.63. The molecule has 7 heteroatoms. The number of alkyl halides is 3. The Morgan fingerprint density at radius 2 is 1.57 bits per heavy atom. The highest BCUT2D eigenvalue weighted by Crippen LogP contribution is 2.32. The molecule has 4 aromatic rings. The minimum atomic E-state index is -4.36. The number of benzene rings is 3. The predicted molar refractivity (Wildman–Crippen MR) is 116 cm³/mol. The van der Waals surface area contributed by atoms with Gasteiger partial charge in [0, 0.05) is 10.9 Å². The molecule has 150 valence electrons. The summed E-state index contributed by atoms with van der Waals surface area (Å²) in [6.45, 7) is 0. The van der Waals surface area contributed by atoms with E-state index in [9.17, 15) is 13.2 Å². The van der Waals surface area contributed by atoms with Crippen molar-refractivity contribution in [3.05, 3.63) is 95.4 Å². The van der Waals surface area contributed by atoms with Gasteiger partial charge in [-0.25, -0.2) is 4.98 Å². The second-order valence-corrected chi connectivity index (χ2v) is 7.33. The van der Waals surface area contributed by atoms with Crippen LogP contribution in [0.25, 0.3) is 22.4 Å². The lowest BCUT2D eigenvalue weighted by molar-refractivity contribution is -0.137. The first-order valence-corrected chi connectivity index (χ1v) is 9.95. The molecule has 0 amide bonds. The molecule has 4 rings (SSSR count). The van der Waals surface area contributed by atoms with Crippen molar-refractivity contribution in [2.45, 2.75) is 6.18 Å². The first kappa shape index (κ1) is 19.8. The molecule has 1 N–H and O–H groups in total. The molecular formula is C23H16F3N3S. The van der Waals surface area contributed by atoms with Crippen molar-refractivity contribution in [3.8, 4) is 22.4 Å². The summed E-state index contributed by atoms with van der Waals surface area (Å²) in [5, 5.41) is 6.82. The Hall–Kier alpha value is -3.45. The van der Waals surface area contributed by atoms with Crippen molar-refractivity contribution in [1.29, 1.82) is 0 Å². The van der Waals surface area contributed by atoms with Crippen LogP contribution >= 0.6 is 11.3 Å². The van der Waals surface area contributed by atoms with E-state index in [1.54, 1.807) is 36.5 Å². The number of halogens is 3. The molecule has 0 unspecified atom stereocenters. The highest BCUT2D eigenvalue weighted by molar-refractivity contribution is 7.14. The van der Waals surface area contributed by atoms with Gasteiger partial charge >= 0.3 is 6.18 Å². The molecule has 1 heterocycles. The Labute approximate surface area is 175 Å². The molecule has 3 nitrogen and oxygen atoms in total. The molecule has 0 aliphatic rings. The monoisotopic (exact) mass is 423 g/mol. The first-order chi connectivity index (χ1) is 14.5. The van der Waals surface area contributed by atoms with Crippen LogP contribution in [-0.2, 0) is 6.18 Å². The maximum atomic E-state index is 12.9. The molecule has 0 fully saturated rings. The van der Waals surface area contributed by atoms with Crippen LogP contribution < -0.4 is 5.43 Å². The minimum absolute atomic E-state index is 0.516. The highest BCUT2D eigenvalue weighted by Gasteiger charge is 2.30. The fourth-order valence-corrected chi connectivity index (χ4v) is 3.53. The molecule has 0 spiro atoms. The van der Waals surface area contributed by atoms with Crippen LogP contribution in [0.5, 0.6) is 0 Å². The maximum absolute atomic E-state index is 12.9.